The van der Waals surface area contributed by atoms with Crippen LogP contribution in [-0.2, 0) is 9.53 Å². The number of aryl methyl sites for hydroxylation is 1. The number of hydrogen-bond donors (Lipinski definition) is 1. The molecule has 1 amide bonds. The minimum absolute atomic E-state index is 0.121. The zero-order valence-electron chi connectivity index (χ0n) is 16.8. The molecule has 154 valence electrons. The van der Waals surface area contributed by atoms with Crippen molar-refractivity contribution in [3.8, 4) is 0 Å². The van der Waals surface area contributed by atoms with Gasteiger partial charge in [-0.2, -0.15) is 0 Å². The number of rotatable bonds is 5. The molecule has 3 rings (SSSR count). The molecule has 0 aliphatic carbocycles. The van der Waals surface area contributed by atoms with Crippen molar-refractivity contribution in [2.45, 2.75) is 20.8 Å². The standard InChI is InChI=1S/C21H24ClN3O4/c1-13-19(15(3)26)14(2)23-20(13)21(28)29-12-18(27)25-9-7-24(8-10-25)17-6-4-5-16(22)11-17/h4-6,11,23H,7-10,12H2,1-3H3. The number of nitrogens with zero attached hydrogens (tertiary/aromatic N) is 2. The van der Waals surface area contributed by atoms with Crippen molar-refractivity contribution >= 4 is 34.9 Å². The number of piperazine rings is 1. The maximum Gasteiger partial charge on any atom is 0.355 e. The molecule has 0 spiro atoms. The summed E-state index contributed by atoms with van der Waals surface area (Å²) >= 11 is 6.04. The predicted molar refractivity (Wildman–Crippen MR) is 111 cm³/mol. The van der Waals surface area contributed by atoms with Crippen LogP contribution in [0.1, 0.15) is 39.0 Å². The highest BCUT2D eigenvalue weighted by atomic mass is 35.5. The first-order chi connectivity index (χ1) is 13.8. The lowest BCUT2D eigenvalue weighted by molar-refractivity contribution is -0.134. The lowest BCUT2D eigenvalue weighted by Gasteiger charge is -2.36. The quantitative estimate of drug-likeness (QED) is 0.597. The van der Waals surface area contributed by atoms with Crippen LogP contribution in [0.2, 0.25) is 5.02 Å². The van der Waals surface area contributed by atoms with Crippen molar-refractivity contribution in [3.05, 3.63) is 51.8 Å². The van der Waals surface area contributed by atoms with E-state index in [1.165, 1.54) is 6.92 Å². The number of carbonyl (C=O) groups is 3. The summed E-state index contributed by atoms with van der Waals surface area (Å²) in [5.41, 5.74) is 2.88. The number of ether oxygens (including phenoxy) is 1. The van der Waals surface area contributed by atoms with Gasteiger partial charge in [-0.05, 0) is 44.5 Å². The molecular weight excluding hydrogens is 394 g/mol. The number of esters is 1. The van der Waals surface area contributed by atoms with Gasteiger partial charge in [-0.3, -0.25) is 9.59 Å². The molecule has 1 fully saturated rings. The Morgan fingerprint density at radius 1 is 1.14 bits per heavy atom. The fraction of sp³-hybridized carbons (Fsp3) is 0.381. The van der Waals surface area contributed by atoms with E-state index in [9.17, 15) is 14.4 Å². The third kappa shape index (κ3) is 4.62. The first-order valence-corrected chi connectivity index (χ1v) is 9.81. The minimum atomic E-state index is -0.635. The second-order valence-electron chi connectivity index (χ2n) is 7.11. The summed E-state index contributed by atoms with van der Waals surface area (Å²) in [4.78, 5) is 43.2. The van der Waals surface area contributed by atoms with Gasteiger partial charge in [0, 0.05) is 48.1 Å². The van der Waals surface area contributed by atoms with Gasteiger partial charge in [-0.25, -0.2) is 4.79 Å². The molecule has 2 aromatic rings. The first kappa shape index (κ1) is 20.9. The van der Waals surface area contributed by atoms with Gasteiger partial charge >= 0.3 is 5.97 Å². The molecular formula is C21H24ClN3O4. The van der Waals surface area contributed by atoms with E-state index in [-0.39, 0.29) is 24.0 Å². The van der Waals surface area contributed by atoms with Gasteiger partial charge in [0.25, 0.3) is 5.91 Å². The Labute approximate surface area is 174 Å². The topological polar surface area (TPSA) is 82.7 Å². The van der Waals surface area contributed by atoms with Crippen LogP contribution >= 0.6 is 11.6 Å². The number of H-pyrrole nitrogens is 1. The van der Waals surface area contributed by atoms with Crippen LogP contribution in [0.25, 0.3) is 0 Å². The second kappa shape index (κ2) is 8.69. The van der Waals surface area contributed by atoms with Crippen molar-refractivity contribution in [2.75, 3.05) is 37.7 Å². The molecule has 0 radical (unpaired) electrons. The van der Waals surface area contributed by atoms with Gasteiger partial charge in [0.05, 0.1) is 0 Å². The van der Waals surface area contributed by atoms with Crippen molar-refractivity contribution in [1.29, 1.82) is 0 Å². The smallest absolute Gasteiger partial charge is 0.355 e. The van der Waals surface area contributed by atoms with Crippen LogP contribution in [-0.4, -0.2) is 60.3 Å². The normalized spacial score (nSPS) is 14.1. The van der Waals surface area contributed by atoms with E-state index in [0.29, 0.717) is 48.0 Å². The summed E-state index contributed by atoms with van der Waals surface area (Å²) in [7, 11) is 0. The highest BCUT2D eigenvalue weighted by molar-refractivity contribution is 6.30. The highest BCUT2D eigenvalue weighted by Crippen LogP contribution is 2.21. The Bertz CT molecular complexity index is 945. The number of aromatic nitrogens is 1. The Balaban J connectivity index is 1.53. The summed E-state index contributed by atoms with van der Waals surface area (Å²) in [6.45, 7) is 6.97. The van der Waals surface area contributed by atoms with Crippen molar-refractivity contribution in [2.24, 2.45) is 0 Å². The van der Waals surface area contributed by atoms with Crippen LogP contribution in [0.5, 0.6) is 0 Å². The zero-order chi connectivity index (χ0) is 21.1. The molecule has 8 heteroatoms. The number of amides is 1. The van der Waals surface area contributed by atoms with Gasteiger partial charge in [0.2, 0.25) is 0 Å². The predicted octanol–water partition coefficient (Wildman–Crippen LogP) is 2.99. The van der Waals surface area contributed by atoms with Crippen LogP contribution in [0.4, 0.5) is 5.69 Å². The third-order valence-electron chi connectivity index (χ3n) is 5.13. The summed E-state index contributed by atoms with van der Waals surface area (Å²) in [6.07, 6.45) is 0. The maximum atomic E-state index is 12.4. The molecule has 29 heavy (non-hydrogen) atoms. The Morgan fingerprint density at radius 3 is 2.41 bits per heavy atom. The Hall–Kier alpha value is -2.80. The number of benzene rings is 1. The first-order valence-electron chi connectivity index (χ1n) is 9.43. The Kier molecular flexibility index (Phi) is 6.27. The molecule has 7 nitrogen and oxygen atoms in total. The number of anilines is 1. The number of ketones is 1. The van der Waals surface area contributed by atoms with Gasteiger partial charge in [0.15, 0.2) is 12.4 Å². The fourth-order valence-corrected chi connectivity index (χ4v) is 3.84. The van der Waals surface area contributed by atoms with Gasteiger partial charge < -0.3 is 19.5 Å². The van der Waals surface area contributed by atoms with Gasteiger partial charge in [0.1, 0.15) is 5.69 Å². The maximum absolute atomic E-state index is 12.4. The van der Waals surface area contributed by atoms with Crippen LogP contribution in [0.3, 0.4) is 0 Å². The Morgan fingerprint density at radius 2 is 1.83 bits per heavy atom. The van der Waals surface area contributed by atoms with Crippen LogP contribution in [0.15, 0.2) is 24.3 Å². The van der Waals surface area contributed by atoms with E-state index in [2.05, 4.69) is 9.88 Å². The summed E-state index contributed by atoms with van der Waals surface area (Å²) in [5, 5.41) is 0.677. The van der Waals surface area contributed by atoms with E-state index < -0.39 is 5.97 Å². The average molecular weight is 418 g/mol. The number of nitrogens with one attached hydrogen (secondary N) is 1. The number of halogens is 1. The van der Waals surface area contributed by atoms with E-state index in [4.69, 9.17) is 16.3 Å². The van der Waals surface area contributed by atoms with Crippen molar-refractivity contribution in [1.82, 2.24) is 9.88 Å². The van der Waals surface area contributed by atoms with E-state index in [0.717, 1.165) is 5.69 Å². The third-order valence-corrected chi connectivity index (χ3v) is 5.36. The molecule has 1 saturated heterocycles. The minimum Gasteiger partial charge on any atom is -0.451 e. The van der Waals surface area contributed by atoms with Crippen LogP contribution < -0.4 is 4.90 Å². The molecule has 1 N–H and O–H groups in total. The largest absolute Gasteiger partial charge is 0.451 e. The van der Waals surface area contributed by atoms with E-state index >= 15 is 0 Å². The summed E-state index contributed by atoms with van der Waals surface area (Å²) < 4.78 is 5.20. The van der Waals surface area contributed by atoms with E-state index in [1.54, 1.807) is 18.7 Å². The molecule has 1 aliphatic rings. The zero-order valence-corrected chi connectivity index (χ0v) is 17.5. The molecule has 0 atom stereocenters. The van der Waals surface area contributed by atoms with Gasteiger partial charge in [-0.15, -0.1) is 0 Å². The molecule has 0 bridgehead atoms. The lowest BCUT2D eigenvalue weighted by atomic mass is 10.1. The molecule has 1 aliphatic heterocycles. The van der Waals surface area contributed by atoms with E-state index in [1.807, 2.05) is 24.3 Å². The molecule has 1 aromatic heterocycles. The SMILES string of the molecule is CC(=O)c1c(C)[nH]c(C(=O)OCC(=O)N2CCN(c3cccc(Cl)c3)CC2)c1C. The number of carbonyl (C=O) groups excluding carboxylic acids is 3. The molecule has 0 saturated carbocycles. The number of aromatic amines is 1. The number of Topliss-reactive ketones (excluding diaryl/α,β-unsaturated/α-hetero) is 1. The highest BCUT2D eigenvalue weighted by Gasteiger charge is 2.25. The van der Waals surface area contributed by atoms with Crippen molar-refractivity contribution in [3.63, 3.8) is 0 Å². The number of hydrogen-bond acceptors (Lipinski definition) is 5. The fourth-order valence-electron chi connectivity index (χ4n) is 3.66. The average Bonchev–Trinajstić information content (AvgIpc) is 3.00. The molecule has 0 unspecified atom stereocenters. The van der Waals surface area contributed by atoms with Crippen LogP contribution in [0, 0.1) is 13.8 Å². The molecule has 2 heterocycles. The summed E-state index contributed by atoms with van der Waals surface area (Å²) in [6, 6.07) is 7.61. The van der Waals surface area contributed by atoms with Crippen molar-refractivity contribution < 1.29 is 19.1 Å². The second-order valence-corrected chi connectivity index (χ2v) is 7.54. The molecule has 1 aromatic carbocycles. The lowest BCUT2D eigenvalue weighted by Crippen LogP contribution is -2.49. The summed E-state index contributed by atoms with van der Waals surface area (Å²) in [5.74, 6) is -0.996. The monoisotopic (exact) mass is 417 g/mol. The van der Waals surface area contributed by atoms with Gasteiger partial charge in [-0.1, -0.05) is 17.7 Å².